The van der Waals surface area contributed by atoms with Crippen molar-refractivity contribution in [1.82, 2.24) is 4.98 Å². The summed E-state index contributed by atoms with van der Waals surface area (Å²) in [5.41, 5.74) is 1.32. The number of nitrogens with zero attached hydrogens (tertiary/aromatic N) is 3. The van der Waals surface area contributed by atoms with Crippen molar-refractivity contribution < 1.29 is 0 Å². The van der Waals surface area contributed by atoms with Gasteiger partial charge in [0.25, 0.3) is 0 Å². The number of rotatable bonds is 1. The van der Waals surface area contributed by atoms with Crippen LogP contribution in [-0.4, -0.2) is 11.5 Å². The van der Waals surface area contributed by atoms with E-state index in [4.69, 9.17) is 5.26 Å². The van der Waals surface area contributed by atoms with E-state index in [1.54, 1.807) is 6.20 Å². The summed E-state index contributed by atoms with van der Waals surface area (Å²) >= 11 is 0. The SMILES string of the molecule is N#Cc1ncccc1N1C=CC=CC1. The van der Waals surface area contributed by atoms with Gasteiger partial charge in [0.2, 0.25) is 0 Å². The molecule has 0 saturated carbocycles. The Labute approximate surface area is 82.6 Å². The van der Waals surface area contributed by atoms with Gasteiger partial charge in [-0.25, -0.2) is 4.98 Å². The first-order valence-corrected chi connectivity index (χ1v) is 4.37. The van der Waals surface area contributed by atoms with Gasteiger partial charge < -0.3 is 4.90 Å². The smallest absolute Gasteiger partial charge is 0.164 e. The molecule has 1 aromatic heterocycles. The van der Waals surface area contributed by atoms with Gasteiger partial charge in [-0.3, -0.25) is 0 Å². The minimum absolute atomic E-state index is 0.465. The molecule has 1 aromatic rings. The van der Waals surface area contributed by atoms with Crippen molar-refractivity contribution in [1.29, 1.82) is 5.26 Å². The number of allylic oxidation sites excluding steroid dienone is 2. The summed E-state index contributed by atoms with van der Waals surface area (Å²) in [5, 5.41) is 8.87. The molecule has 0 radical (unpaired) electrons. The second kappa shape index (κ2) is 3.75. The Bertz CT molecular complexity index is 426. The number of aromatic nitrogens is 1. The predicted molar refractivity (Wildman–Crippen MR) is 54.6 cm³/mol. The van der Waals surface area contributed by atoms with Crippen LogP contribution in [0.1, 0.15) is 5.69 Å². The summed E-state index contributed by atoms with van der Waals surface area (Å²) in [4.78, 5) is 6.00. The van der Waals surface area contributed by atoms with E-state index in [0.29, 0.717) is 5.69 Å². The zero-order chi connectivity index (χ0) is 9.80. The highest BCUT2D eigenvalue weighted by atomic mass is 15.1. The quantitative estimate of drug-likeness (QED) is 0.667. The van der Waals surface area contributed by atoms with E-state index in [0.717, 1.165) is 12.2 Å². The first-order chi connectivity index (χ1) is 6.92. The van der Waals surface area contributed by atoms with Crippen LogP contribution < -0.4 is 4.90 Å². The van der Waals surface area contributed by atoms with Crippen molar-refractivity contribution in [3.63, 3.8) is 0 Å². The Hall–Kier alpha value is -2.08. The van der Waals surface area contributed by atoms with Crippen LogP contribution in [0, 0.1) is 11.3 Å². The zero-order valence-corrected chi connectivity index (χ0v) is 7.59. The van der Waals surface area contributed by atoms with Gasteiger partial charge >= 0.3 is 0 Å². The highest BCUT2D eigenvalue weighted by Gasteiger charge is 2.08. The molecular formula is C11H9N3. The van der Waals surface area contributed by atoms with Gasteiger partial charge in [0, 0.05) is 18.9 Å². The van der Waals surface area contributed by atoms with Gasteiger partial charge in [-0.1, -0.05) is 12.2 Å². The molecule has 1 aliphatic heterocycles. The molecular weight excluding hydrogens is 174 g/mol. The highest BCUT2D eigenvalue weighted by Crippen LogP contribution is 2.18. The van der Waals surface area contributed by atoms with E-state index in [2.05, 4.69) is 11.1 Å². The van der Waals surface area contributed by atoms with Gasteiger partial charge in [-0.05, 0) is 18.2 Å². The lowest BCUT2D eigenvalue weighted by Gasteiger charge is -2.20. The third-order valence-corrected chi connectivity index (χ3v) is 2.02. The summed E-state index contributed by atoms with van der Waals surface area (Å²) in [6.07, 6.45) is 9.54. The molecule has 2 rings (SSSR count). The molecule has 0 aliphatic carbocycles. The largest absolute Gasteiger partial charge is 0.342 e. The highest BCUT2D eigenvalue weighted by molar-refractivity contribution is 5.58. The molecule has 68 valence electrons. The van der Waals surface area contributed by atoms with Crippen molar-refractivity contribution in [2.45, 2.75) is 0 Å². The number of anilines is 1. The third-order valence-electron chi connectivity index (χ3n) is 2.02. The van der Waals surface area contributed by atoms with Crippen molar-refractivity contribution in [2.75, 3.05) is 11.4 Å². The molecule has 0 bridgehead atoms. The monoisotopic (exact) mass is 183 g/mol. The van der Waals surface area contributed by atoms with E-state index < -0.39 is 0 Å². The molecule has 0 amide bonds. The Kier molecular flexibility index (Phi) is 2.28. The van der Waals surface area contributed by atoms with Gasteiger partial charge in [-0.15, -0.1) is 0 Å². The lowest BCUT2D eigenvalue weighted by Crippen LogP contribution is -2.18. The van der Waals surface area contributed by atoms with Crippen LogP contribution in [0.2, 0.25) is 0 Å². The van der Waals surface area contributed by atoms with E-state index in [1.165, 1.54) is 0 Å². The lowest BCUT2D eigenvalue weighted by molar-refractivity contribution is 1.05. The molecule has 0 saturated heterocycles. The Morgan fingerprint density at radius 1 is 1.43 bits per heavy atom. The molecule has 0 spiro atoms. The Balaban J connectivity index is 2.37. The second-order valence-electron chi connectivity index (χ2n) is 2.90. The maximum atomic E-state index is 8.87. The minimum atomic E-state index is 0.465. The normalized spacial score (nSPS) is 14.1. The fourth-order valence-electron chi connectivity index (χ4n) is 1.36. The Morgan fingerprint density at radius 3 is 3.07 bits per heavy atom. The third kappa shape index (κ3) is 1.50. The van der Waals surface area contributed by atoms with Crippen molar-refractivity contribution in [2.24, 2.45) is 0 Å². The van der Waals surface area contributed by atoms with Crippen LogP contribution in [0.15, 0.2) is 42.8 Å². The van der Waals surface area contributed by atoms with Gasteiger partial charge in [0.05, 0.1) is 5.69 Å². The van der Waals surface area contributed by atoms with Crippen LogP contribution in [0.5, 0.6) is 0 Å². The van der Waals surface area contributed by atoms with Crippen LogP contribution in [0.25, 0.3) is 0 Å². The molecule has 0 aromatic carbocycles. The maximum Gasteiger partial charge on any atom is 0.164 e. The summed E-state index contributed by atoms with van der Waals surface area (Å²) in [6, 6.07) is 5.82. The summed E-state index contributed by atoms with van der Waals surface area (Å²) < 4.78 is 0. The van der Waals surface area contributed by atoms with E-state index in [1.807, 2.05) is 41.5 Å². The topological polar surface area (TPSA) is 39.9 Å². The summed E-state index contributed by atoms with van der Waals surface area (Å²) in [5.74, 6) is 0. The van der Waals surface area contributed by atoms with Gasteiger partial charge in [0.1, 0.15) is 6.07 Å². The fourth-order valence-corrected chi connectivity index (χ4v) is 1.36. The number of hydrogen-bond donors (Lipinski definition) is 0. The summed E-state index contributed by atoms with van der Waals surface area (Å²) in [7, 11) is 0. The first-order valence-electron chi connectivity index (χ1n) is 4.37. The Morgan fingerprint density at radius 2 is 2.36 bits per heavy atom. The van der Waals surface area contributed by atoms with Gasteiger partial charge in [0.15, 0.2) is 5.69 Å². The van der Waals surface area contributed by atoms with Crippen LogP contribution >= 0.6 is 0 Å². The number of nitriles is 1. The standard InChI is InChI=1S/C11H9N3/c12-9-10-11(5-4-6-13-10)14-7-2-1-3-8-14/h1-7H,8H2. The van der Waals surface area contributed by atoms with Crippen LogP contribution in [0.3, 0.4) is 0 Å². The first kappa shape index (κ1) is 8.52. The second-order valence-corrected chi connectivity index (χ2v) is 2.90. The van der Waals surface area contributed by atoms with Crippen molar-refractivity contribution >= 4 is 5.69 Å². The van der Waals surface area contributed by atoms with E-state index in [-0.39, 0.29) is 0 Å². The zero-order valence-electron chi connectivity index (χ0n) is 7.59. The molecule has 3 heteroatoms. The van der Waals surface area contributed by atoms with E-state index in [9.17, 15) is 0 Å². The number of pyridine rings is 1. The summed E-state index contributed by atoms with van der Waals surface area (Å²) in [6.45, 7) is 0.789. The molecule has 0 N–H and O–H groups in total. The molecule has 14 heavy (non-hydrogen) atoms. The average molecular weight is 183 g/mol. The van der Waals surface area contributed by atoms with Crippen LogP contribution in [-0.2, 0) is 0 Å². The molecule has 0 fully saturated rings. The maximum absolute atomic E-state index is 8.87. The minimum Gasteiger partial charge on any atom is -0.342 e. The van der Waals surface area contributed by atoms with Crippen molar-refractivity contribution in [3.05, 3.63) is 48.5 Å². The fraction of sp³-hybridized carbons (Fsp3) is 0.0909. The molecule has 0 unspecified atom stereocenters. The molecule has 1 aliphatic rings. The van der Waals surface area contributed by atoms with Gasteiger partial charge in [-0.2, -0.15) is 5.26 Å². The molecule has 2 heterocycles. The number of hydrogen-bond acceptors (Lipinski definition) is 3. The van der Waals surface area contributed by atoms with Crippen LogP contribution in [0.4, 0.5) is 5.69 Å². The average Bonchev–Trinajstić information content (AvgIpc) is 2.30. The predicted octanol–water partition coefficient (Wildman–Crippen LogP) is 1.84. The molecule has 3 nitrogen and oxygen atoms in total. The lowest BCUT2D eigenvalue weighted by atomic mass is 10.2. The van der Waals surface area contributed by atoms with Crippen molar-refractivity contribution in [3.8, 4) is 6.07 Å². The van der Waals surface area contributed by atoms with E-state index >= 15 is 0 Å². The molecule has 0 atom stereocenters.